The molecule has 0 atom stereocenters. The highest BCUT2D eigenvalue weighted by atomic mass is 19.4. The smallest absolute Gasteiger partial charge is 0.399 e. The van der Waals surface area contributed by atoms with Crippen LogP contribution in [0.2, 0.25) is 0 Å². The second-order valence-electron chi connectivity index (χ2n) is 3.27. The van der Waals surface area contributed by atoms with Crippen LogP contribution in [0.25, 0.3) is 11.4 Å². The van der Waals surface area contributed by atoms with E-state index in [-0.39, 0.29) is 17.1 Å². The first kappa shape index (κ1) is 11.3. The Kier molecular flexibility index (Phi) is 2.66. The maximum absolute atomic E-state index is 12.7. The number of hydrogen-bond donors (Lipinski definition) is 1. The number of halogens is 3. The van der Waals surface area contributed by atoms with E-state index in [9.17, 15) is 13.2 Å². The van der Waals surface area contributed by atoms with Crippen molar-refractivity contribution in [3.8, 4) is 11.4 Å². The Hall–Kier alpha value is -2.18. The first-order chi connectivity index (χ1) is 7.98. The Morgan fingerprint density at radius 2 is 1.88 bits per heavy atom. The molecule has 1 aromatic carbocycles. The first-order valence-corrected chi connectivity index (χ1v) is 4.59. The van der Waals surface area contributed by atoms with E-state index in [2.05, 4.69) is 15.2 Å². The van der Waals surface area contributed by atoms with Gasteiger partial charge in [-0.05, 0) is 18.2 Å². The molecule has 0 amide bonds. The molecule has 0 aliphatic rings. The number of nitrogen functional groups attached to an aromatic ring is 1. The standard InChI is InChI=1S/C10H7F3N4/c11-10(12,13)8-2-1-6(14)5-7(8)9-15-3-4-16-17-9/h1-5H,14H2. The zero-order valence-corrected chi connectivity index (χ0v) is 8.44. The largest absolute Gasteiger partial charge is 0.417 e. The normalized spacial score (nSPS) is 11.5. The lowest BCUT2D eigenvalue weighted by molar-refractivity contribution is -0.137. The molecule has 0 saturated heterocycles. The Bertz CT molecular complexity index is 525. The number of nitrogens with two attached hydrogens (primary N) is 1. The van der Waals surface area contributed by atoms with Gasteiger partial charge < -0.3 is 5.73 Å². The minimum absolute atomic E-state index is 0.105. The van der Waals surface area contributed by atoms with Crippen molar-refractivity contribution in [3.05, 3.63) is 36.2 Å². The van der Waals surface area contributed by atoms with Crippen molar-refractivity contribution in [2.24, 2.45) is 0 Å². The van der Waals surface area contributed by atoms with Crippen LogP contribution in [-0.4, -0.2) is 15.2 Å². The Morgan fingerprint density at radius 3 is 2.47 bits per heavy atom. The summed E-state index contributed by atoms with van der Waals surface area (Å²) in [5.41, 5.74) is 4.66. The van der Waals surface area contributed by atoms with Crippen molar-refractivity contribution < 1.29 is 13.2 Å². The number of aromatic nitrogens is 3. The number of benzene rings is 1. The minimum atomic E-state index is -4.48. The molecule has 2 aromatic rings. The maximum Gasteiger partial charge on any atom is 0.417 e. The van der Waals surface area contributed by atoms with E-state index in [0.717, 1.165) is 6.07 Å². The number of rotatable bonds is 1. The van der Waals surface area contributed by atoms with Gasteiger partial charge in [-0.3, -0.25) is 0 Å². The lowest BCUT2D eigenvalue weighted by Crippen LogP contribution is -2.09. The molecule has 7 heteroatoms. The van der Waals surface area contributed by atoms with Gasteiger partial charge >= 0.3 is 6.18 Å². The number of hydrogen-bond acceptors (Lipinski definition) is 4. The average Bonchev–Trinajstić information content (AvgIpc) is 2.28. The van der Waals surface area contributed by atoms with Crippen LogP contribution in [0.4, 0.5) is 18.9 Å². The first-order valence-electron chi connectivity index (χ1n) is 4.59. The summed E-state index contributed by atoms with van der Waals surface area (Å²) in [7, 11) is 0. The molecule has 17 heavy (non-hydrogen) atoms. The Morgan fingerprint density at radius 1 is 1.12 bits per heavy atom. The number of anilines is 1. The van der Waals surface area contributed by atoms with Gasteiger partial charge in [0.15, 0.2) is 5.82 Å². The lowest BCUT2D eigenvalue weighted by atomic mass is 10.1. The summed E-state index contributed by atoms with van der Waals surface area (Å²) in [5, 5.41) is 7.04. The van der Waals surface area contributed by atoms with Crippen molar-refractivity contribution >= 4 is 5.69 Å². The molecule has 0 aliphatic carbocycles. The fourth-order valence-corrected chi connectivity index (χ4v) is 1.37. The fraction of sp³-hybridized carbons (Fsp3) is 0.100. The van der Waals surface area contributed by atoms with Gasteiger partial charge in [0.25, 0.3) is 0 Å². The molecule has 0 fully saturated rings. The van der Waals surface area contributed by atoms with E-state index in [1.165, 1.54) is 24.5 Å². The molecule has 0 aliphatic heterocycles. The molecule has 0 saturated carbocycles. The number of alkyl halides is 3. The molecular formula is C10H7F3N4. The van der Waals surface area contributed by atoms with Crippen LogP contribution >= 0.6 is 0 Å². The zero-order valence-electron chi connectivity index (χ0n) is 8.44. The molecule has 0 spiro atoms. The third kappa shape index (κ3) is 2.32. The predicted molar refractivity (Wildman–Crippen MR) is 54.7 cm³/mol. The molecule has 4 nitrogen and oxygen atoms in total. The third-order valence-electron chi connectivity index (χ3n) is 2.07. The van der Waals surface area contributed by atoms with Gasteiger partial charge in [-0.2, -0.15) is 18.3 Å². The van der Waals surface area contributed by atoms with E-state index in [1.807, 2.05) is 0 Å². The molecular weight excluding hydrogens is 233 g/mol. The minimum Gasteiger partial charge on any atom is -0.399 e. The zero-order chi connectivity index (χ0) is 12.5. The third-order valence-corrected chi connectivity index (χ3v) is 2.07. The van der Waals surface area contributed by atoms with Gasteiger partial charge in [0.05, 0.1) is 11.8 Å². The molecule has 2 rings (SSSR count). The summed E-state index contributed by atoms with van der Waals surface area (Å²) in [6, 6.07) is 3.27. The molecule has 0 unspecified atom stereocenters. The quantitative estimate of drug-likeness (QED) is 0.775. The summed E-state index contributed by atoms with van der Waals surface area (Å²) in [6.07, 6.45) is -1.93. The SMILES string of the molecule is Nc1ccc(C(F)(F)F)c(-c2nccnn2)c1. The van der Waals surface area contributed by atoms with Gasteiger partial charge in [0.2, 0.25) is 0 Å². The van der Waals surface area contributed by atoms with Crippen LogP contribution in [0.1, 0.15) is 5.56 Å². The van der Waals surface area contributed by atoms with Crippen LogP contribution in [0.5, 0.6) is 0 Å². The van der Waals surface area contributed by atoms with E-state index >= 15 is 0 Å². The van der Waals surface area contributed by atoms with Crippen molar-refractivity contribution in [1.29, 1.82) is 0 Å². The summed E-state index contributed by atoms with van der Waals surface area (Å²) >= 11 is 0. The van der Waals surface area contributed by atoms with Crippen LogP contribution in [0.3, 0.4) is 0 Å². The van der Waals surface area contributed by atoms with Crippen molar-refractivity contribution in [3.63, 3.8) is 0 Å². The highest BCUT2D eigenvalue weighted by Crippen LogP contribution is 2.36. The van der Waals surface area contributed by atoms with Crippen molar-refractivity contribution in [2.75, 3.05) is 5.73 Å². The topological polar surface area (TPSA) is 64.7 Å². The molecule has 88 valence electrons. The van der Waals surface area contributed by atoms with E-state index in [0.29, 0.717) is 0 Å². The molecule has 0 bridgehead atoms. The average molecular weight is 240 g/mol. The van der Waals surface area contributed by atoms with Crippen LogP contribution in [0, 0.1) is 0 Å². The lowest BCUT2D eigenvalue weighted by Gasteiger charge is -2.11. The van der Waals surface area contributed by atoms with Gasteiger partial charge in [-0.15, -0.1) is 5.10 Å². The number of nitrogens with zero attached hydrogens (tertiary/aromatic N) is 3. The van der Waals surface area contributed by atoms with Crippen molar-refractivity contribution in [1.82, 2.24) is 15.2 Å². The van der Waals surface area contributed by atoms with Gasteiger partial charge in [0, 0.05) is 17.4 Å². The fourth-order valence-electron chi connectivity index (χ4n) is 1.37. The van der Waals surface area contributed by atoms with E-state index in [4.69, 9.17) is 5.73 Å². The molecule has 1 heterocycles. The van der Waals surface area contributed by atoms with Crippen LogP contribution in [0.15, 0.2) is 30.6 Å². The van der Waals surface area contributed by atoms with Crippen LogP contribution < -0.4 is 5.73 Å². The highest BCUT2D eigenvalue weighted by molar-refractivity contribution is 5.65. The van der Waals surface area contributed by atoms with E-state index in [1.54, 1.807) is 0 Å². The summed E-state index contributed by atoms with van der Waals surface area (Å²) < 4.78 is 38.2. The Balaban J connectivity index is 2.64. The molecule has 1 aromatic heterocycles. The van der Waals surface area contributed by atoms with Crippen molar-refractivity contribution in [2.45, 2.75) is 6.18 Å². The van der Waals surface area contributed by atoms with Gasteiger partial charge in [-0.1, -0.05) is 0 Å². The highest BCUT2D eigenvalue weighted by Gasteiger charge is 2.34. The predicted octanol–water partition coefficient (Wildman–Crippen LogP) is 2.14. The monoisotopic (exact) mass is 240 g/mol. The van der Waals surface area contributed by atoms with Crippen LogP contribution in [-0.2, 0) is 6.18 Å². The molecule has 2 N–H and O–H groups in total. The second kappa shape index (κ2) is 4.00. The summed E-state index contributed by atoms with van der Waals surface area (Å²) in [6.45, 7) is 0. The van der Waals surface area contributed by atoms with Gasteiger partial charge in [0.1, 0.15) is 0 Å². The maximum atomic E-state index is 12.7. The second-order valence-corrected chi connectivity index (χ2v) is 3.27. The van der Waals surface area contributed by atoms with Gasteiger partial charge in [-0.25, -0.2) is 4.98 Å². The summed E-state index contributed by atoms with van der Waals surface area (Å²) in [5.74, 6) is -0.105. The summed E-state index contributed by atoms with van der Waals surface area (Å²) in [4.78, 5) is 3.74. The van der Waals surface area contributed by atoms with E-state index < -0.39 is 11.7 Å². The molecule has 0 radical (unpaired) electrons. The Labute approximate surface area is 94.3 Å².